The SMILES string of the molecule is Cc1ccc(C(C)NC(=O)c2cc(I)ccc2O)s1. The van der Waals surface area contributed by atoms with Crippen LogP contribution in [-0.2, 0) is 0 Å². The molecule has 1 amide bonds. The number of aromatic hydroxyl groups is 1. The molecular weight excluding hydrogens is 373 g/mol. The average molecular weight is 387 g/mol. The van der Waals surface area contributed by atoms with E-state index in [1.54, 1.807) is 23.5 Å². The number of hydrogen-bond donors (Lipinski definition) is 2. The highest BCUT2D eigenvalue weighted by molar-refractivity contribution is 14.1. The van der Waals surface area contributed by atoms with Crippen molar-refractivity contribution in [1.82, 2.24) is 5.32 Å². The van der Waals surface area contributed by atoms with Gasteiger partial charge in [-0.3, -0.25) is 4.79 Å². The lowest BCUT2D eigenvalue weighted by Gasteiger charge is -2.13. The first kappa shape index (κ1) is 14.3. The quantitative estimate of drug-likeness (QED) is 0.786. The normalized spacial score (nSPS) is 12.2. The summed E-state index contributed by atoms with van der Waals surface area (Å²) in [5.41, 5.74) is 0.312. The lowest BCUT2D eigenvalue weighted by atomic mass is 10.1. The van der Waals surface area contributed by atoms with Gasteiger partial charge in [0, 0.05) is 13.3 Å². The molecule has 0 saturated heterocycles. The molecule has 2 rings (SSSR count). The first-order valence-corrected chi connectivity index (χ1v) is 7.72. The summed E-state index contributed by atoms with van der Waals surface area (Å²) in [6.07, 6.45) is 0. The molecule has 2 N–H and O–H groups in total. The molecule has 19 heavy (non-hydrogen) atoms. The first-order valence-electron chi connectivity index (χ1n) is 5.83. The third-order valence-corrected chi connectivity index (χ3v) is 4.59. The van der Waals surface area contributed by atoms with Crippen LogP contribution in [0.5, 0.6) is 5.75 Å². The van der Waals surface area contributed by atoms with Crippen LogP contribution in [0.1, 0.15) is 33.1 Å². The fraction of sp³-hybridized carbons (Fsp3) is 0.214. The number of carbonyl (C=O) groups excluding carboxylic acids is 1. The number of benzene rings is 1. The van der Waals surface area contributed by atoms with Crippen molar-refractivity contribution in [3.63, 3.8) is 0 Å². The number of hydrogen-bond acceptors (Lipinski definition) is 3. The Balaban J connectivity index is 2.15. The molecule has 0 fully saturated rings. The van der Waals surface area contributed by atoms with E-state index in [1.165, 1.54) is 10.9 Å². The van der Waals surface area contributed by atoms with Gasteiger partial charge in [0.15, 0.2) is 0 Å². The Morgan fingerprint density at radius 1 is 1.37 bits per heavy atom. The molecule has 0 spiro atoms. The molecule has 0 aliphatic heterocycles. The minimum atomic E-state index is -0.255. The van der Waals surface area contributed by atoms with E-state index in [1.807, 2.05) is 26.0 Å². The fourth-order valence-corrected chi connectivity index (χ4v) is 3.09. The van der Waals surface area contributed by atoms with Gasteiger partial charge in [-0.05, 0) is 66.8 Å². The van der Waals surface area contributed by atoms with Gasteiger partial charge in [0.1, 0.15) is 5.75 Å². The number of carbonyl (C=O) groups is 1. The molecule has 100 valence electrons. The zero-order valence-corrected chi connectivity index (χ0v) is 13.6. The molecule has 0 aliphatic carbocycles. The predicted octanol–water partition coefficient (Wildman–Crippen LogP) is 3.86. The molecule has 1 unspecified atom stereocenters. The van der Waals surface area contributed by atoms with Crippen molar-refractivity contribution < 1.29 is 9.90 Å². The molecule has 0 aliphatic rings. The maximum Gasteiger partial charge on any atom is 0.255 e. The van der Waals surface area contributed by atoms with Crippen LogP contribution in [0.4, 0.5) is 0 Å². The van der Waals surface area contributed by atoms with Gasteiger partial charge in [-0.1, -0.05) is 0 Å². The Labute approximate surface area is 129 Å². The number of amides is 1. The number of thiophene rings is 1. The van der Waals surface area contributed by atoms with Gasteiger partial charge in [-0.2, -0.15) is 0 Å². The zero-order chi connectivity index (χ0) is 14.0. The Kier molecular flexibility index (Phi) is 4.46. The summed E-state index contributed by atoms with van der Waals surface area (Å²) in [5.74, 6) is -0.248. The van der Waals surface area contributed by atoms with Crippen molar-refractivity contribution in [3.8, 4) is 5.75 Å². The Bertz CT molecular complexity index is 609. The van der Waals surface area contributed by atoms with Gasteiger partial charge in [0.25, 0.3) is 5.91 Å². The second-order valence-electron chi connectivity index (χ2n) is 4.31. The molecule has 3 nitrogen and oxygen atoms in total. The highest BCUT2D eigenvalue weighted by atomic mass is 127. The van der Waals surface area contributed by atoms with Gasteiger partial charge in [-0.15, -0.1) is 11.3 Å². The van der Waals surface area contributed by atoms with Crippen LogP contribution in [0.2, 0.25) is 0 Å². The smallest absolute Gasteiger partial charge is 0.255 e. The van der Waals surface area contributed by atoms with Crippen molar-refractivity contribution in [1.29, 1.82) is 0 Å². The van der Waals surface area contributed by atoms with Crippen molar-refractivity contribution in [2.24, 2.45) is 0 Å². The molecule has 1 aromatic carbocycles. The average Bonchev–Trinajstić information content (AvgIpc) is 2.79. The van der Waals surface area contributed by atoms with Crippen LogP contribution >= 0.6 is 33.9 Å². The summed E-state index contributed by atoms with van der Waals surface area (Å²) in [7, 11) is 0. The minimum Gasteiger partial charge on any atom is -0.507 e. The fourth-order valence-electron chi connectivity index (χ4n) is 1.72. The van der Waals surface area contributed by atoms with E-state index in [0.717, 1.165) is 8.45 Å². The molecule has 0 bridgehead atoms. The summed E-state index contributed by atoms with van der Waals surface area (Å²) < 4.78 is 0.917. The monoisotopic (exact) mass is 387 g/mol. The van der Waals surface area contributed by atoms with E-state index in [0.29, 0.717) is 5.56 Å². The predicted molar refractivity (Wildman–Crippen MR) is 85.8 cm³/mol. The van der Waals surface area contributed by atoms with Crippen LogP contribution in [-0.4, -0.2) is 11.0 Å². The lowest BCUT2D eigenvalue weighted by Crippen LogP contribution is -2.26. The van der Waals surface area contributed by atoms with E-state index >= 15 is 0 Å². The van der Waals surface area contributed by atoms with E-state index in [9.17, 15) is 9.90 Å². The summed E-state index contributed by atoms with van der Waals surface area (Å²) >= 11 is 3.78. The van der Waals surface area contributed by atoms with Gasteiger partial charge < -0.3 is 10.4 Å². The highest BCUT2D eigenvalue weighted by Crippen LogP contribution is 2.24. The Morgan fingerprint density at radius 3 is 2.74 bits per heavy atom. The van der Waals surface area contributed by atoms with Crippen molar-refractivity contribution >= 4 is 39.8 Å². The van der Waals surface area contributed by atoms with Crippen molar-refractivity contribution in [2.45, 2.75) is 19.9 Å². The van der Waals surface area contributed by atoms with Crippen LogP contribution < -0.4 is 5.32 Å². The second kappa shape index (κ2) is 5.92. The highest BCUT2D eigenvalue weighted by Gasteiger charge is 2.16. The summed E-state index contributed by atoms with van der Waals surface area (Å²) in [6.45, 7) is 3.97. The van der Waals surface area contributed by atoms with Crippen LogP contribution in [0.25, 0.3) is 0 Å². The molecule has 1 atom stereocenters. The third kappa shape index (κ3) is 3.48. The molecular formula is C14H14INO2S. The second-order valence-corrected chi connectivity index (χ2v) is 6.87. The van der Waals surface area contributed by atoms with Crippen LogP contribution in [0, 0.1) is 10.5 Å². The van der Waals surface area contributed by atoms with Crippen LogP contribution in [0.3, 0.4) is 0 Å². The molecule has 0 radical (unpaired) electrons. The number of halogens is 1. The zero-order valence-electron chi connectivity index (χ0n) is 10.6. The Hall–Kier alpha value is -1.08. The molecule has 1 heterocycles. The van der Waals surface area contributed by atoms with Crippen molar-refractivity contribution in [3.05, 3.63) is 49.2 Å². The number of rotatable bonds is 3. The van der Waals surface area contributed by atoms with Gasteiger partial charge >= 0.3 is 0 Å². The molecule has 2 aromatic rings. The molecule has 1 aromatic heterocycles. The summed E-state index contributed by atoms with van der Waals surface area (Å²) in [5, 5.41) is 12.6. The molecule has 5 heteroatoms. The Morgan fingerprint density at radius 2 is 2.11 bits per heavy atom. The van der Waals surface area contributed by atoms with E-state index < -0.39 is 0 Å². The maximum atomic E-state index is 12.1. The third-order valence-electron chi connectivity index (χ3n) is 2.74. The minimum absolute atomic E-state index is 0.00692. The van der Waals surface area contributed by atoms with Crippen molar-refractivity contribution in [2.75, 3.05) is 0 Å². The topological polar surface area (TPSA) is 49.3 Å². The summed E-state index contributed by atoms with van der Waals surface area (Å²) in [6, 6.07) is 8.96. The largest absolute Gasteiger partial charge is 0.507 e. The number of phenols is 1. The number of aryl methyl sites for hydroxylation is 1. The molecule has 0 saturated carbocycles. The van der Waals surface area contributed by atoms with Gasteiger partial charge in [0.2, 0.25) is 0 Å². The lowest BCUT2D eigenvalue weighted by molar-refractivity contribution is 0.0938. The first-order chi connectivity index (χ1) is 8.97. The standard InChI is InChI=1S/C14H14INO2S/c1-8-3-6-13(19-8)9(2)16-14(18)11-7-10(15)4-5-12(11)17/h3-7,9,17H,1-2H3,(H,16,18). The van der Waals surface area contributed by atoms with Gasteiger partial charge in [0.05, 0.1) is 11.6 Å². The van der Waals surface area contributed by atoms with E-state index in [2.05, 4.69) is 27.9 Å². The van der Waals surface area contributed by atoms with E-state index in [-0.39, 0.29) is 17.7 Å². The summed E-state index contributed by atoms with van der Waals surface area (Å²) in [4.78, 5) is 14.5. The number of nitrogens with one attached hydrogen (secondary N) is 1. The van der Waals surface area contributed by atoms with Gasteiger partial charge in [-0.25, -0.2) is 0 Å². The van der Waals surface area contributed by atoms with Crippen LogP contribution in [0.15, 0.2) is 30.3 Å². The maximum absolute atomic E-state index is 12.1. The number of phenolic OH excluding ortho intramolecular Hbond substituents is 1. The van der Waals surface area contributed by atoms with E-state index in [4.69, 9.17) is 0 Å².